The van der Waals surface area contributed by atoms with Crippen molar-refractivity contribution >= 4 is 29.2 Å². The van der Waals surface area contributed by atoms with Gasteiger partial charge in [0, 0.05) is 16.6 Å². The second-order valence-electron chi connectivity index (χ2n) is 13.7. The highest BCUT2D eigenvalue weighted by Crippen LogP contribution is 2.34. The fourth-order valence-electron chi connectivity index (χ4n) is 6.24. The highest BCUT2D eigenvalue weighted by Gasteiger charge is 2.14. The summed E-state index contributed by atoms with van der Waals surface area (Å²) >= 11 is 0. The molecule has 0 spiro atoms. The van der Waals surface area contributed by atoms with Crippen LogP contribution in [0.3, 0.4) is 0 Å². The average molecular weight is 764 g/mol. The largest absolute Gasteiger partial charge is 0.508 e. The first-order valence-electron chi connectivity index (χ1n) is 19.8. The van der Waals surface area contributed by atoms with Gasteiger partial charge in [0.15, 0.2) is 0 Å². The van der Waals surface area contributed by atoms with Crippen LogP contribution in [0.25, 0.3) is 40.1 Å². The number of hydrogen-bond donors (Lipinski definition) is 2. The Morgan fingerprint density at radius 3 is 1.33 bits per heavy atom. The van der Waals surface area contributed by atoms with Crippen molar-refractivity contribution in [2.24, 2.45) is 0 Å². The van der Waals surface area contributed by atoms with Crippen molar-refractivity contribution in [3.8, 4) is 33.8 Å². The molecule has 7 rings (SSSR count). The Kier molecular flexibility index (Phi) is 16.7. The van der Waals surface area contributed by atoms with Gasteiger partial charge in [-0.2, -0.15) is 0 Å². The molecule has 7 aromatic rings. The van der Waals surface area contributed by atoms with Crippen molar-refractivity contribution < 1.29 is 10.2 Å². The first-order chi connectivity index (χ1) is 28.1. The maximum Gasteiger partial charge on any atom is 0.115 e. The van der Waals surface area contributed by atoms with Gasteiger partial charge in [-0.1, -0.05) is 166 Å². The predicted molar refractivity (Wildman–Crippen MR) is 252 cm³/mol. The number of phenolic OH excluding ortho intramolecular Hbond substituents is 2. The van der Waals surface area contributed by atoms with Crippen molar-refractivity contribution in [3.63, 3.8) is 0 Å². The summed E-state index contributed by atoms with van der Waals surface area (Å²) in [4.78, 5) is 2.14. The van der Waals surface area contributed by atoms with E-state index in [2.05, 4.69) is 155 Å². The number of anilines is 2. The number of hydrogen-bond acceptors (Lipinski definition) is 3. The second kappa shape index (κ2) is 22.0. The highest BCUT2D eigenvalue weighted by atomic mass is 16.3. The number of allylic oxidation sites excluding steroid dienone is 2. The zero-order valence-electron chi connectivity index (χ0n) is 35.1. The summed E-state index contributed by atoms with van der Waals surface area (Å²) in [6.45, 7) is 22.8. The Balaban J connectivity index is 0.000000288. The molecule has 0 heterocycles. The number of phenols is 2. The molecule has 0 fully saturated rings. The molecule has 0 radical (unpaired) electrons. The maximum absolute atomic E-state index is 9.88. The van der Waals surface area contributed by atoms with Crippen molar-refractivity contribution in [1.82, 2.24) is 0 Å². The second-order valence-corrected chi connectivity index (χ2v) is 13.7. The third-order valence-corrected chi connectivity index (χ3v) is 9.60. The number of aromatic hydroxyl groups is 2. The third-order valence-electron chi connectivity index (χ3n) is 9.60. The molecule has 0 saturated carbocycles. The summed E-state index contributed by atoms with van der Waals surface area (Å²) in [6, 6.07) is 56.6. The smallest absolute Gasteiger partial charge is 0.115 e. The molecule has 294 valence electrons. The topological polar surface area (TPSA) is 43.7 Å². The fraction of sp³-hybridized carbons (Fsp3) is 0.127. The fourth-order valence-corrected chi connectivity index (χ4v) is 6.24. The molecule has 0 bridgehead atoms. The molecule has 0 aliphatic carbocycles. The van der Waals surface area contributed by atoms with Gasteiger partial charge in [-0.15, -0.1) is 0 Å². The van der Waals surface area contributed by atoms with E-state index in [1.54, 1.807) is 24.3 Å². The molecule has 0 unspecified atom stereocenters. The van der Waals surface area contributed by atoms with Gasteiger partial charge < -0.3 is 15.1 Å². The van der Waals surface area contributed by atoms with Crippen LogP contribution in [0.5, 0.6) is 11.5 Å². The van der Waals surface area contributed by atoms with Crippen LogP contribution in [0.15, 0.2) is 189 Å². The van der Waals surface area contributed by atoms with Gasteiger partial charge in [0.05, 0.1) is 5.70 Å². The Morgan fingerprint density at radius 2 is 0.897 bits per heavy atom. The normalized spacial score (nSPS) is 11.0. The Bertz CT molecular complexity index is 2460. The van der Waals surface area contributed by atoms with E-state index >= 15 is 0 Å². The van der Waals surface area contributed by atoms with Crippen LogP contribution < -0.4 is 15.3 Å². The van der Waals surface area contributed by atoms with E-state index < -0.39 is 0 Å². The van der Waals surface area contributed by atoms with Crippen LogP contribution in [-0.4, -0.2) is 10.2 Å². The van der Waals surface area contributed by atoms with Crippen molar-refractivity contribution in [2.75, 3.05) is 4.90 Å². The van der Waals surface area contributed by atoms with Gasteiger partial charge in [-0.05, 0) is 133 Å². The number of nitrogens with zero attached hydrogens (tertiary/aromatic N) is 1. The summed E-state index contributed by atoms with van der Waals surface area (Å²) < 4.78 is 0. The first-order valence-corrected chi connectivity index (χ1v) is 19.8. The van der Waals surface area contributed by atoms with E-state index in [0.29, 0.717) is 5.75 Å². The van der Waals surface area contributed by atoms with Gasteiger partial charge in [0.1, 0.15) is 11.5 Å². The number of benzene rings is 7. The molecule has 0 aliphatic rings. The average Bonchev–Trinajstić information content (AvgIpc) is 3.26. The molecular weight excluding hydrogens is 707 g/mol. The minimum Gasteiger partial charge on any atom is -0.508 e. The van der Waals surface area contributed by atoms with Crippen LogP contribution in [0, 0.1) is 20.8 Å². The molecule has 0 aromatic heterocycles. The summed E-state index contributed by atoms with van der Waals surface area (Å²) in [6.07, 6.45) is 4.00. The summed E-state index contributed by atoms with van der Waals surface area (Å²) in [5, 5.41) is 20.6. The molecule has 7 aromatic carbocycles. The lowest BCUT2D eigenvalue weighted by molar-refractivity contribution is 0.474. The van der Waals surface area contributed by atoms with E-state index in [-0.39, 0.29) is 5.75 Å². The zero-order valence-corrected chi connectivity index (χ0v) is 35.1. The maximum atomic E-state index is 9.88. The minimum atomic E-state index is 0.228. The molecule has 0 atom stereocenters. The number of aryl methyl sites for hydroxylation is 3. The molecule has 0 amide bonds. The molecule has 0 aliphatic heterocycles. The van der Waals surface area contributed by atoms with E-state index in [0.717, 1.165) is 38.6 Å². The standard InChI is InChI=1S/C35H29NO.C11H14.C7H8O.C2H6/c1-4-35(34-8-6-5-7-26(34)3)36(32-21-23-33(37)24-22-32)31-19-17-30(18-20-31)29-15-13-28(14-16-29)27-11-9-25(2)10-12-27;1-4-9(2)11-8-6-5-7-10(11)3;1-6-2-4-7(8)5-3-6;1-2/h4-24,37H,1,3H2,2H3;4-8H,1-3H3;2-5,8H,1H3;1-2H3/b35-34+;9-4-;;. The van der Waals surface area contributed by atoms with Crippen molar-refractivity contribution in [3.05, 3.63) is 221 Å². The molecule has 3 heteroatoms. The zero-order chi connectivity index (χ0) is 42.0. The van der Waals surface area contributed by atoms with E-state index in [1.165, 1.54) is 39.0 Å². The van der Waals surface area contributed by atoms with Crippen molar-refractivity contribution in [1.29, 1.82) is 0 Å². The van der Waals surface area contributed by atoms with Gasteiger partial charge in [-0.3, -0.25) is 0 Å². The Hall–Kier alpha value is -6.84. The van der Waals surface area contributed by atoms with Gasteiger partial charge in [-0.25, -0.2) is 0 Å². The van der Waals surface area contributed by atoms with E-state index in [1.807, 2.05) is 69.3 Å². The quantitative estimate of drug-likeness (QED) is 0.170. The number of rotatable bonds is 7. The third kappa shape index (κ3) is 12.1. The first kappa shape index (κ1) is 43.9. The van der Waals surface area contributed by atoms with Crippen LogP contribution in [0.2, 0.25) is 0 Å². The van der Waals surface area contributed by atoms with E-state index in [4.69, 9.17) is 5.11 Å². The lowest BCUT2D eigenvalue weighted by Crippen LogP contribution is -2.31. The van der Waals surface area contributed by atoms with Crippen LogP contribution in [-0.2, 0) is 0 Å². The molecule has 0 saturated heterocycles. The van der Waals surface area contributed by atoms with Crippen LogP contribution >= 0.6 is 0 Å². The minimum absolute atomic E-state index is 0.228. The Morgan fingerprint density at radius 1 is 0.517 bits per heavy atom. The summed E-state index contributed by atoms with van der Waals surface area (Å²) in [5.41, 5.74) is 14.0. The highest BCUT2D eigenvalue weighted by molar-refractivity contribution is 5.85. The summed E-state index contributed by atoms with van der Waals surface area (Å²) in [5.74, 6) is 0.557. The molecule has 2 N–H and O–H groups in total. The van der Waals surface area contributed by atoms with Crippen molar-refractivity contribution in [2.45, 2.75) is 48.5 Å². The van der Waals surface area contributed by atoms with Gasteiger partial charge >= 0.3 is 0 Å². The lowest BCUT2D eigenvalue weighted by atomic mass is 9.99. The summed E-state index contributed by atoms with van der Waals surface area (Å²) in [7, 11) is 0. The molecule has 3 nitrogen and oxygen atoms in total. The molecule has 58 heavy (non-hydrogen) atoms. The van der Waals surface area contributed by atoms with Gasteiger partial charge in [0.2, 0.25) is 0 Å². The Labute approximate surface area is 346 Å². The lowest BCUT2D eigenvalue weighted by Gasteiger charge is -2.27. The van der Waals surface area contributed by atoms with Crippen LogP contribution in [0.4, 0.5) is 11.4 Å². The van der Waals surface area contributed by atoms with E-state index in [9.17, 15) is 5.11 Å². The van der Waals surface area contributed by atoms with Crippen LogP contribution in [0.1, 0.15) is 49.9 Å². The monoisotopic (exact) mass is 763 g/mol. The SMILES string of the molecule is C/C=C(/C)c1ccccc1C.C=C/C(=c1/ccccc1=C)N(c1ccc(O)cc1)c1ccc(-c2ccc(-c3ccc(C)cc3)cc2)cc1.CC.Cc1ccc(O)cc1. The predicted octanol–water partition coefficient (Wildman–Crippen LogP) is 13.7. The van der Waals surface area contributed by atoms with Gasteiger partial charge in [0.25, 0.3) is 0 Å². The molecular formula is C55H57NO2.